The van der Waals surface area contributed by atoms with Crippen LogP contribution < -0.4 is 5.73 Å². The van der Waals surface area contributed by atoms with Gasteiger partial charge in [0, 0.05) is 23.4 Å². The Hall–Kier alpha value is -0.710. The van der Waals surface area contributed by atoms with Crippen molar-refractivity contribution in [1.29, 1.82) is 0 Å². The molecule has 0 bridgehead atoms. The summed E-state index contributed by atoms with van der Waals surface area (Å²) in [6, 6.07) is 7.97. The van der Waals surface area contributed by atoms with E-state index in [9.17, 15) is 4.21 Å². The highest BCUT2D eigenvalue weighted by Gasteiger charge is 2.25. The summed E-state index contributed by atoms with van der Waals surface area (Å²) in [6.45, 7) is 4.82. The van der Waals surface area contributed by atoms with Gasteiger partial charge in [-0.15, -0.1) is 0 Å². The van der Waals surface area contributed by atoms with E-state index in [4.69, 9.17) is 10.5 Å². The van der Waals surface area contributed by atoms with E-state index in [1.54, 1.807) is 0 Å². The number of ether oxygens (including phenoxy) is 1. The van der Waals surface area contributed by atoms with Gasteiger partial charge < -0.3 is 10.5 Å². The predicted molar refractivity (Wildman–Crippen MR) is 79.6 cm³/mol. The first-order chi connectivity index (χ1) is 9.08. The van der Waals surface area contributed by atoms with E-state index in [1.165, 1.54) is 5.56 Å². The molecule has 0 saturated carbocycles. The average molecular weight is 281 g/mol. The molecule has 3 nitrogen and oxygen atoms in total. The second-order valence-electron chi connectivity index (χ2n) is 5.32. The Morgan fingerprint density at radius 3 is 2.68 bits per heavy atom. The molecular formula is C15H23NO2S. The second-order valence-corrected chi connectivity index (χ2v) is 7.16. The first kappa shape index (κ1) is 14.7. The molecule has 106 valence electrons. The van der Waals surface area contributed by atoms with Gasteiger partial charge in [0.25, 0.3) is 0 Å². The van der Waals surface area contributed by atoms with Crippen molar-refractivity contribution in [3.63, 3.8) is 0 Å². The zero-order valence-electron chi connectivity index (χ0n) is 11.7. The molecule has 0 aromatic heterocycles. The largest absolute Gasteiger partial charge is 0.377 e. The van der Waals surface area contributed by atoms with Crippen LogP contribution in [0.15, 0.2) is 24.3 Å². The maximum Gasteiger partial charge on any atom is 0.0691 e. The van der Waals surface area contributed by atoms with E-state index < -0.39 is 10.8 Å². The van der Waals surface area contributed by atoms with Crippen molar-refractivity contribution in [3.8, 4) is 0 Å². The summed E-state index contributed by atoms with van der Waals surface area (Å²) in [7, 11) is -0.941. The predicted octanol–water partition coefficient (Wildman–Crippen LogP) is 2.31. The van der Waals surface area contributed by atoms with Crippen LogP contribution in [0.2, 0.25) is 0 Å². The van der Waals surface area contributed by atoms with Gasteiger partial charge in [-0.3, -0.25) is 4.21 Å². The molecule has 4 atom stereocenters. The maximum atomic E-state index is 12.3. The third kappa shape index (κ3) is 3.88. The Balaban J connectivity index is 1.95. The van der Waals surface area contributed by atoms with Crippen LogP contribution in [0.1, 0.15) is 36.9 Å². The molecule has 4 heteroatoms. The normalized spacial score (nSPS) is 24.1. The van der Waals surface area contributed by atoms with Gasteiger partial charge >= 0.3 is 0 Å². The van der Waals surface area contributed by atoms with E-state index in [1.807, 2.05) is 38.1 Å². The van der Waals surface area contributed by atoms with Crippen molar-refractivity contribution in [2.75, 3.05) is 12.4 Å². The van der Waals surface area contributed by atoms with Crippen LogP contribution >= 0.6 is 0 Å². The Bertz CT molecular complexity index is 426. The van der Waals surface area contributed by atoms with Crippen LogP contribution in [0.3, 0.4) is 0 Å². The number of benzene rings is 1. The van der Waals surface area contributed by atoms with Gasteiger partial charge in [-0.1, -0.05) is 29.8 Å². The fraction of sp³-hybridized carbons (Fsp3) is 0.600. The average Bonchev–Trinajstić information content (AvgIpc) is 2.90. The highest BCUT2D eigenvalue weighted by Crippen LogP contribution is 2.21. The van der Waals surface area contributed by atoms with Gasteiger partial charge in [-0.05, 0) is 32.3 Å². The lowest BCUT2D eigenvalue weighted by molar-refractivity contribution is 0.128. The lowest BCUT2D eigenvalue weighted by Crippen LogP contribution is -2.31. The van der Waals surface area contributed by atoms with Crippen molar-refractivity contribution in [2.24, 2.45) is 5.73 Å². The number of hydrogen-bond acceptors (Lipinski definition) is 3. The summed E-state index contributed by atoms with van der Waals surface area (Å²) in [5.74, 6) is 0.612. The fourth-order valence-corrected chi connectivity index (χ4v) is 3.75. The molecule has 1 fully saturated rings. The Morgan fingerprint density at radius 2 is 2.11 bits per heavy atom. The molecule has 1 heterocycles. The summed E-state index contributed by atoms with van der Waals surface area (Å²) >= 11 is 0. The Labute approximate surface area is 118 Å². The minimum absolute atomic E-state index is 0.0492. The van der Waals surface area contributed by atoms with Gasteiger partial charge in [0.15, 0.2) is 0 Å². The highest BCUT2D eigenvalue weighted by molar-refractivity contribution is 7.85. The minimum Gasteiger partial charge on any atom is -0.377 e. The van der Waals surface area contributed by atoms with Crippen LogP contribution in [0.4, 0.5) is 0 Å². The first-order valence-electron chi connectivity index (χ1n) is 6.89. The van der Waals surface area contributed by atoms with Crippen molar-refractivity contribution in [1.82, 2.24) is 0 Å². The fourth-order valence-electron chi connectivity index (χ4n) is 2.33. The topological polar surface area (TPSA) is 52.3 Å². The van der Waals surface area contributed by atoms with Crippen LogP contribution in [0, 0.1) is 6.92 Å². The van der Waals surface area contributed by atoms with Gasteiger partial charge in [-0.2, -0.15) is 0 Å². The minimum atomic E-state index is -0.941. The zero-order valence-corrected chi connectivity index (χ0v) is 12.5. The molecule has 1 saturated heterocycles. The maximum absolute atomic E-state index is 12.3. The molecule has 0 radical (unpaired) electrons. The van der Waals surface area contributed by atoms with Crippen molar-refractivity contribution >= 4 is 10.8 Å². The molecule has 2 rings (SSSR count). The van der Waals surface area contributed by atoms with E-state index in [0.29, 0.717) is 5.75 Å². The third-order valence-electron chi connectivity index (χ3n) is 3.76. The van der Waals surface area contributed by atoms with Crippen molar-refractivity contribution < 1.29 is 8.95 Å². The molecule has 19 heavy (non-hydrogen) atoms. The monoisotopic (exact) mass is 281 g/mol. The Kier molecular flexibility index (Phi) is 5.13. The van der Waals surface area contributed by atoms with E-state index >= 15 is 0 Å². The van der Waals surface area contributed by atoms with Gasteiger partial charge in [0.05, 0.1) is 17.1 Å². The van der Waals surface area contributed by atoms with Gasteiger partial charge in [-0.25, -0.2) is 0 Å². The van der Waals surface area contributed by atoms with Crippen molar-refractivity contribution in [2.45, 2.75) is 44.1 Å². The zero-order chi connectivity index (χ0) is 13.8. The summed E-state index contributed by atoms with van der Waals surface area (Å²) in [6.07, 6.45) is 2.27. The van der Waals surface area contributed by atoms with Crippen LogP contribution in [0.5, 0.6) is 0 Å². The smallest absolute Gasteiger partial charge is 0.0691 e. The molecule has 1 aliphatic rings. The lowest BCUT2D eigenvalue weighted by atomic mass is 10.0. The summed E-state index contributed by atoms with van der Waals surface area (Å²) < 4.78 is 17.9. The molecule has 4 unspecified atom stereocenters. The number of rotatable bonds is 5. The number of aryl methyl sites for hydroxylation is 1. The van der Waals surface area contributed by atoms with Crippen LogP contribution in [-0.4, -0.2) is 27.9 Å². The summed E-state index contributed by atoms with van der Waals surface area (Å²) in [5, 5.41) is -0.0492. The third-order valence-corrected chi connectivity index (χ3v) is 5.58. The summed E-state index contributed by atoms with van der Waals surface area (Å²) in [4.78, 5) is 0. The second kappa shape index (κ2) is 6.64. The Morgan fingerprint density at radius 1 is 1.42 bits per heavy atom. The molecule has 1 aromatic rings. The highest BCUT2D eigenvalue weighted by atomic mass is 32.2. The van der Waals surface area contributed by atoms with E-state index in [-0.39, 0.29) is 17.4 Å². The van der Waals surface area contributed by atoms with Crippen LogP contribution in [-0.2, 0) is 15.5 Å². The molecule has 0 aliphatic carbocycles. The van der Waals surface area contributed by atoms with Crippen LogP contribution in [0.25, 0.3) is 0 Å². The number of nitrogens with two attached hydrogens (primary N) is 1. The SMILES string of the molecule is Cc1ccc(C(N)C(C)S(=O)CC2CCCO2)cc1. The molecule has 1 aliphatic heterocycles. The van der Waals surface area contributed by atoms with Gasteiger partial charge in [0.1, 0.15) is 0 Å². The molecule has 1 aromatic carbocycles. The van der Waals surface area contributed by atoms with E-state index in [0.717, 1.165) is 25.0 Å². The molecule has 0 spiro atoms. The molecule has 2 N–H and O–H groups in total. The molecule has 0 amide bonds. The molecular weight excluding hydrogens is 258 g/mol. The quantitative estimate of drug-likeness (QED) is 0.901. The lowest BCUT2D eigenvalue weighted by Gasteiger charge is -2.21. The first-order valence-corrected chi connectivity index (χ1v) is 8.27. The summed E-state index contributed by atoms with van der Waals surface area (Å²) in [5.41, 5.74) is 8.50. The standard InChI is InChI=1S/C15H23NO2S/c1-11-5-7-13(8-6-11)15(16)12(2)19(17)10-14-4-3-9-18-14/h5-8,12,14-15H,3-4,9-10,16H2,1-2H3. The van der Waals surface area contributed by atoms with E-state index in [2.05, 4.69) is 0 Å². The number of hydrogen-bond donors (Lipinski definition) is 1. The van der Waals surface area contributed by atoms with Crippen molar-refractivity contribution in [3.05, 3.63) is 35.4 Å². The van der Waals surface area contributed by atoms with Gasteiger partial charge in [0.2, 0.25) is 0 Å².